The van der Waals surface area contributed by atoms with Crippen molar-refractivity contribution in [3.8, 4) is 0 Å². The van der Waals surface area contributed by atoms with Gasteiger partial charge in [-0.05, 0) is 43.7 Å². The smallest absolute Gasteiger partial charge is 0.306 e. The van der Waals surface area contributed by atoms with Gasteiger partial charge >= 0.3 is 5.97 Å². The number of esters is 1. The molecule has 2 rings (SSSR count). The van der Waals surface area contributed by atoms with Gasteiger partial charge in [-0.2, -0.15) is 0 Å². The molecule has 132 valence electrons. The molecule has 1 aromatic carbocycles. The highest BCUT2D eigenvalue weighted by Crippen LogP contribution is 2.22. The second-order valence-corrected chi connectivity index (χ2v) is 7.15. The van der Waals surface area contributed by atoms with Crippen molar-refractivity contribution in [1.29, 1.82) is 0 Å². The van der Waals surface area contributed by atoms with Crippen LogP contribution in [0.25, 0.3) is 0 Å². The lowest BCUT2D eigenvalue weighted by atomic mass is 10.2. The van der Waals surface area contributed by atoms with E-state index in [1.54, 1.807) is 31.2 Å². The Balaban J connectivity index is 1.75. The molecule has 0 unspecified atom stereocenters. The molecule has 1 heterocycles. The largest absolute Gasteiger partial charge is 0.456 e. The zero-order chi connectivity index (χ0) is 18.4. The molecular weight excluding hydrogens is 362 g/mol. The highest BCUT2D eigenvalue weighted by atomic mass is 35.5. The molecule has 0 atom stereocenters. The van der Waals surface area contributed by atoms with Gasteiger partial charge in [-0.25, -0.2) is 0 Å². The summed E-state index contributed by atoms with van der Waals surface area (Å²) < 4.78 is 4.90. The molecule has 0 saturated carbocycles. The first-order valence-corrected chi connectivity index (χ1v) is 8.86. The van der Waals surface area contributed by atoms with E-state index in [2.05, 4.69) is 5.32 Å². The van der Waals surface area contributed by atoms with Crippen molar-refractivity contribution in [3.63, 3.8) is 0 Å². The zero-order valence-corrected chi connectivity index (χ0v) is 15.5. The quantitative estimate of drug-likeness (QED) is 0.579. The van der Waals surface area contributed by atoms with Crippen LogP contribution in [-0.2, 0) is 14.3 Å². The van der Waals surface area contributed by atoms with Gasteiger partial charge in [0, 0.05) is 22.0 Å². The monoisotopic (exact) mass is 379 g/mol. The van der Waals surface area contributed by atoms with Crippen LogP contribution in [0.5, 0.6) is 0 Å². The highest BCUT2D eigenvalue weighted by Gasteiger charge is 2.14. The first-order chi connectivity index (χ1) is 11.9. The van der Waals surface area contributed by atoms with Crippen molar-refractivity contribution >= 4 is 46.3 Å². The average molecular weight is 380 g/mol. The van der Waals surface area contributed by atoms with Crippen LogP contribution >= 0.6 is 22.9 Å². The highest BCUT2D eigenvalue weighted by molar-refractivity contribution is 7.14. The molecule has 5 nitrogen and oxygen atoms in total. The third kappa shape index (κ3) is 5.69. The average Bonchev–Trinajstić information content (AvgIpc) is 3.01. The van der Waals surface area contributed by atoms with Gasteiger partial charge in [-0.15, -0.1) is 11.3 Å². The van der Waals surface area contributed by atoms with E-state index in [1.165, 1.54) is 11.3 Å². The van der Waals surface area contributed by atoms with E-state index < -0.39 is 18.5 Å². The molecule has 0 radical (unpaired) electrons. The lowest BCUT2D eigenvalue weighted by molar-refractivity contribution is -0.147. The van der Waals surface area contributed by atoms with Gasteiger partial charge in [-0.1, -0.05) is 17.7 Å². The number of rotatable bonds is 7. The zero-order valence-electron chi connectivity index (χ0n) is 13.9. The number of hydrogen-bond acceptors (Lipinski definition) is 5. The van der Waals surface area contributed by atoms with Gasteiger partial charge in [0.25, 0.3) is 5.91 Å². The Morgan fingerprint density at radius 2 is 1.88 bits per heavy atom. The van der Waals surface area contributed by atoms with E-state index >= 15 is 0 Å². The fraction of sp³-hybridized carbons (Fsp3) is 0.278. The molecule has 7 heteroatoms. The molecule has 2 aromatic rings. The number of nitrogens with one attached hydrogen (secondary N) is 1. The maximum atomic E-state index is 11.9. The molecule has 25 heavy (non-hydrogen) atoms. The van der Waals surface area contributed by atoms with Gasteiger partial charge in [0.05, 0.1) is 11.3 Å². The molecule has 0 aliphatic rings. The standard InChI is InChI=1S/C18H18ClNO4S/c1-11-6-8-16(25-11)15(21)7-9-18(23)24-10-17(22)20-14-5-3-4-13(19)12(14)2/h3-6,8H,7,9-10H2,1-2H3,(H,20,22). The van der Waals surface area contributed by atoms with Crippen LogP contribution < -0.4 is 5.32 Å². The van der Waals surface area contributed by atoms with E-state index in [4.69, 9.17) is 16.3 Å². The third-order valence-corrected chi connectivity index (χ3v) is 4.93. The van der Waals surface area contributed by atoms with Crippen molar-refractivity contribution < 1.29 is 19.1 Å². The van der Waals surface area contributed by atoms with Gasteiger partial charge in [0.2, 0.25) is 0 Å². The number of ether oxygens (including phenoxy) is 1. The Kier molecular flexibility index (Phi) is 6.73. The molecule has 0 aliphatic heterocycles. The van der Waals surface area contributed by atoms with Crippen molar-refractivity contribution in [2.45, 2.75) is 26.7 Å². The van der Waals surface area contributed by atoms with Crippen LogP contribution in [0.3, 0.4) is 0 Å². The van der Waals surface area contributed by atoms with E-state index in [0.717, 1.165) is 10.4 Å². The van der Waals surface area contributed by atoms with Gasteiger partial charge in [0.15, 0.2) is 12.4 Å². The normalized spacial score (nSPS) is 10.4. The predicted octanol–water partition coefficient (Wildman–Crippen LogP) is 4.16. The summed E-state index contributed by atoms with van der Waals surface area (Å²) in [7, 11) is 0. The summed E-state index contributed by atoms with van der Waals surface area (Å²) in [6, 6.07) is 8.75. The number of carbonyl (C=O) groups is 3. The summed E-state index contributed by atoms with van der Waals surface area (Å²) >= 11 is 7.37. The number of Topliss-reactive ketones (excluding diaryl/α,β-unsaturated/α-hetero) is 1. The maximum Gasteiger partial charge on any atom is 0.306 e. The summed E-state index contributed by atoms with van der Waals surface area (Å²) in [6.07, 6.45) is 0.00700. The second-order valence-electron chi connectivity index (χ2n) is 5.45. The van der Waals surface area contributed by atoms with Crippen LogP contribution in [0.4, 0.5) is 5.69 Å². The molecule has 0 fully saturated rings. The lowest BCUT2D eigenvalue weighted by Gasteiger charge is -2.09. The fourth-order valence-corrected chi connectivity index (χ4v) is 3.08. The van der Waals surface area contributed by atoms with Crippen LogP contribution in [0, 0.1) is 13.8 Å². The number of thiophene rings is 1. The first kappa shape index (κ1) is 19.1. The van der Waals surface area contributed by atoms with E-state index in [0.29, 0.717) is 15.6 Å². The molecule has 1 amide bonds. The van der Waals surface area contributed by atoms with Crippen LogP contribution in [0.1, 0.15) is 33.0 Å². The Labute approximate surface area is 154 Å². The van der Waals surface area contributed by atoms with E-state index in [1.807, 2.05) is 13.0 Å². The Hall–Kier alpha value is -2.18. The molecule has 0 aliphatic carbocycles. The number of halogens is 1. The van der Waals surface area contributed by atoms with Gasteiger partial charge in [0.1, 0.15) is 0 Å². The fourth-order valence-electron chi connectivity index (χ4n) is 2.07. The Bertz CT molecular complexity index is 800. The minimum absolute atomic E-state index is 0.0563. The van der Waals surface area contributed by atoms with E-state index in [9.17, 15) is 14.4 Å². The van der Waals surface area contributed by atoms with E-state index in [-0.39, 0.29) is 18.6 Å². The number of hydrogen-bond donors (Lipinski definition) is 1. The maximum absolute atomic E-state index is 11.9. The molecule has 1 aromatic heterocycles. The Morgan fingerprint density at radius 1 is 1.12 bits per heavy atom. The molecule has 1 N–H and O–H groups in total. The summed E-state index contributed by atoms with van der Waals surface area (Å²) in [6.45, 7) is 3.29. The number of benzene rings is 1. The molecule has 0 spiro atoms. The van der Waals surface area contributed by atoms with Crippen LogP contribution in [0.2, 0.25) is 5.02 Å². The lowest BCUT2D eigenvalue weighted by Crippen LogP contribution is -2.21. The molecule has 0 bridgehead atoms. The number of carbonyl (C=O) groups excluding carboxylic acids is 3. The minimum atomic E-state index is -0.584. The SMILES string of the molecule is Cc1ccc(C(=O)CCC(=O)OCC(=O)Nc2cccc(Cl)c2C)s1. The third-order valence-electron chi connectivity index (χ3n) is 3.48. The summed E-state index contributed by atoms with van der Waals surface area (Å²) in [5.41, 5.74) is 1.30. The topological polar surface area (TPSA) is 72.5 Å². The van der Waals surface area contributed by atoms with Crippen molar-refractivity contribution in [1.82, 2.24) is 0 Å². The predicted molar refractivity (Wildman–Crippen MR) is 98.4 cm³/mol. The first-order valence-electron chi connectivity index (χ1n) is 7.67. The van der Waals surface area contributed by atoms with Gasteiger partial charge < -0.3 is 10.1 Å². The van der Waals surface area contributed by atoms with Crippen molar-refractivity contribution in [2.24, 2.45) is 0 Å². The summed E-state index contributed by atoms with van der Waals surface area (Å²) in [5.74, 6) is -1.15. The molecular formula is C18H18ClNO4S. The van der Waals surface area contributed by atoms with Crippen LogP contribution in [0.15, 0.2) is 30.3 Å². The minimum Gasteiger partial charge on any atom is -0.456 e. The van der Waals surface area contributed by atoms with Crippen molar-refractivity contribution in [2.75, 3.05) is 11.9 Å². The van der Waals surface area contributed by atoms with Gasteiger partial charge in [-0.3, -0.25) is 14.4 Å². The van der Waals surface area contributed by atoms with Crippen molar-refractivity contribution in [3.05, 3.63) is 50.7 Å². The summed E-state index contributed by atoms with van der Waals surface area (Å²) in [4.78, 5) is 37.1. The van der Waals surface area contributed by atoms with Crippen LogP contribution in [-0.4, -0.2) is 24.3 Å². The number of anilines is 1. The summed E-state index contributed by atoms with van der Waals surface area (Å²) in [5, 5.41) is 3.17. The number of amides is 1. The Morgan fingerprint density at radius 3 is 2.56 bits per heavy atom. The second kappa shape index (κ2) is 8.78. The number of ketones is 1. The number of aryl methyl sites for hydroxylation is 1. The molecule has 0 saturated heterocycles.